The van der Waals surface area contributed by atoms with E-state index >= 15 is 0 Å². The van der Waals surface area contributed by atoms with Crippen molar-refractivity contribution in [3.8, 4) is 0 Å². The van der Waals surface area contributed by atoms with E-state index in [2.05, 4.69) is 97.8 Å². The third-order valence-electron chi connectivity index (χ3n) is 0.607. The van der Waals surface area contributed by atoms with Crippen LogP contribution >= 0.6 is 36.7 Å². The van der Waals surface area contributed by atoms with Gasteiger partial charge in [0.15, 0.2) is 0 Å². The summed E-state index contributed by atoms with van der Waals surface area (Å²) in [6.45, 7) is 0. The molecule has 3 nitrogen and oxygen atoms in total. The van der Waals surface area contributed by atoms with Crippen molar-refractivity contribution in [1.29, 1.82) is 0 Å². The third kappa shape index (κ3) is 124. The molecule has 0 radical (unpaired) electrons. The van der Waals surface area contributed by atoms with Crippen molar-refractivity contribution >= 4 is 87.5 Å². The zero-order chi connectivity index (χ0) is 15.0. The third-order valence-corrected chi connectivity index (χ3v) is 0.607. The number of hydrogen-bond donors (Lipinski definition) is 3. The SMILES string of the molecule is NC(=S)[S-].NC(=S)[S-].NC(=S)[S-].[Mo+4].[c-]1ccccc1. The van der Waals surface area contributed by atoms with Gasteiger partial charge in [-0.05, 0) is 0 Å². The summed E-state index contributed by atoms with van der Waals surface area (Å²) >= 11 is 24.8. The normalized spacial score (nSPS) is 6.32. The smallest absolute Gasteiger partial charge is 0.415 e. The minimum atomic E-state index is 0. The van der Waals surface area contributed by atoms with Crippen LogP contribution < -0.4 is 17.2 Å². The van der Waals surface area contributed by atoms with Crippen molar-refractivity contribution in [2.24, 2.45) is 17.2 Å². The average Bonchev–Trinajstić information content (AvgIpc) is 2.17. The molecular formula is C9H11MoN3S6. The fourth-order valence-corrected chi connectivity index (χ4v) is 0.342. The van der Waals surface area contributed by atoms with Crippen LogP contribution in [0, 0.1) is 6.07 Å². The van der Waals surface area contributed by atoms with E-state index in [1.807, 2.05) is 30.3 Å². The maximum atomic E-state index is 4.66. The Bertz CT molecular complexity index is 269. The van der Waals surface area contributed by atoms with Gasteiger partial charge in [-0.2, -0.15) is 36.4 Å². The molecule has 1 aromatic carbocycles. The molecule has 0 atom stereocenters. The first-order chi connectivity index (χ1) is 8.20. The van der Waals surface area contributed by atoms with Crippen molar-refractivity contribution in [2.45, 2.75) is 0 Å². The Labute approximate surface area is 160 Å². The van der Waals surface area contributed by atoms with Gasteiger partial charge in [-0.25, -0.2) is 0 Å². The van der Waals surface area contributed by atoms with E-state index in [0.29, 0.717) is 0 Å². The standard InChI is InChI=1S/C6H5.3CH3NS2.Mo/c1-2-4-6-5-3-1;3*2-1(3)4;/h1-5H;3*(H3,2,3,4);/q-1;;;;+4/p-3. The van der Waals surface area contributed by atoms with Crippen LogP contribution in [0.2, 0.25) is 0 Å². The van der Waals surface area contributed by atoms with Gasteiger partial charge in [-0.15, -0.1) is 0 Å². The maximum absolute atomic E-state index is 4.66. The summed E-state index contributed by atoms with van der Waals surface area (Å²) in [6, 6.07) is 12.5. The first-order valence-electron chi connectivity index (χ1n) is 4.00. The van der Waals surface area contributed by atoms with Crippen LogP contribution in [0.25, 0.3) is 0 Å². The van der Waals surface area contributed by atoms with Crippen LogP contribution in [0.4, 0.5) is 0 Å². The summed E-state index contributed by atoms with van der Waals surface area (Å²) in [7, 11) is 0. The van der Waals surface area contributed by atoms with Crippen LogP contribution in [0.5, 0.6) is 0 Å². The molecule has 0 fully saturated rings. The zero-order valence-electron chi connectivity index (χ0n) is 9.48. The number of hydrogen-bond acceptors (Lipinski definition) is 6. The topological polar surface area (TPSA) is 78.1 Å². The van der Waals surface area contributed by atoms with Gasteiger partial charge < -0.3 is 91.7 Å². The number of thiocarbonyl (C=S) groups is 3. The van der Waals surface area contributed by atoms with Gasteiger partial charge in [0, 0.05) is 0 Å². The Morgan fingerprint density at radius 3 is 1.00 bits per heavy atom. The minimum absolute atomic E-state index is 0. The van der Waals surface area contributed by atoms with Gasteiger partial charge in [0.2, 0.25) is 0 Å². The van der Waals surface area contributed by atoms with Crippen molar-refractivity contribution in [3.63, 3.8) is 0 Å². The largest absolute Gasteiger partial charge is 4.00 e. The molecule has 6 N–H and O–H groups in total. The summed E-state index contributed by atoms with van der Waals surface area (Å²) < 4.78 is 0.250. The van der Waals surface area contributed by atoms with Gasteiger partial charge in [0.1, 0.15) is 0 Å². The van der Waals surface area contributed by atoms with E-state index in [-0.39, 0.29) is 34.0 Å². The molecule has 0 aliphatic rings. The monoisotopic (exact) mass is 451 g/mol. The molecule has 0 saturated carbocycles. The van der Waals surface area contributed by atoms with E-state index < -0.39 is 0 Å². The molecule has 0 aromatic heterocycles. The van der Waals surface area contributed by atoms with Gasteiger partial charge in [-0.1, -0.05) is 13.0 Å². The summed E-state index contributed by atoms with van der Waals surface area (Å²) in [5, 5.41) is 0. The second kappa shape index (κ2) is 23.3. The number of benzene rings is 1. The Balaban J connectivity index is -0.0000000796. The second-order valence-corrected chi connectivity index (χ2v) is 5.45. The van der Waals surface area contributed by atoms with E-state index in [9.17, 15) is 0 Å². The molecule has 0 bridgehead atoms. The Morgan fingerprint density at radius 1 is 0.737 bits per heavy atom. The van der Waals surface area contributed by atoms with Crippen LogP contribution in [0.15, 0.2) is 30.3 Å². The van der Waals surface area contributed by atoms with Crippen molar-refractivity contribution in [3.05, 3.63) is 36.4 Å². The van der Waals surface area contributed by atoms with E-state index in [1.165, 1.54) is 0 Å². The predicted octanol–water partition coefficient (Wildman–Crippen LogP) is 0.815. The van der Waals surface area contributed by atoms with Gasteiger partial charge in [0.05, 0.1) is 0 Å². The molecule has 0 amide bonds. The van der Waals surface area contributed by atoms with Crippen LogP contribution in [0.1, 0.15) is 0 Å². The molecule has 1 aromatic rings. The second-order valence-electron chi connectivity index (χ2n) is 2.03. The molecule has 0 saturated heterocycles. The van der Waals surface area contributed by atoms with Crippen molar-refractivity contribution in [1.82, 2.24) is 0 Å². The molecule has 104 valence electrons. The maximum Gasteiger partial charge on any atom is 4.00 e. The molecule has 0 heterocycles. The molecule has 1 rings (SSSR count). The Hall–Kier alpha value is 0.238. The van der Waals surface area contributed by atoms with Crippen molar-refractivity contribution < 1.29 is 21.1 Å². The molecule has 0 unspecified atom stereocenters. The molecule has 0 spiro atoms. The van der Waals surface area contributed by atoms with E-state index in [1.54, 1.807) is 0 Å². The first kappa shape index (κ1) is 27.6. The zero-order valence-corrected chi connectivity index (χ0v) is 16.4. The van der Waals surface area contributed by atoms with Gasteiger partial charge in [0.25, 0.3) is 0 Å². The Morgan fingerprint density at radius 2 is 0.947 bits per heavy atom. The fraction of sp³-hybridized carbons (Fsp3) is 0. The van der Waals surface area contributed by atoms with Crippen molar-refractivity contribution in [2.75, 3.05) is 0 Å². The first-order valence-corrected chi connectivity index (χ1v) is 6.45. The minimum Gasteiger partial charge on any atom is -0.415 e. The summed E-state index contributed by atoms with van der Waals surface area (Å²) in [5.41, 5.74) is 14.0. The summed E-state index contributed by atoms with van der Waals surface area (Å²) in [4.78, 5) is 0. The Kier molecular flexibility index (Phi) is 33.9. The van der Waals surface area contributed by atoms with Gasteiger partial charge >= 0.3 is 21.1 Å². The van der Waals surface area contributed by atoms with E-state index in [4.69, 9.17) is 0 Å². The molecule has 0 aliphatic heterocycles. The van der Waals surface area contributed by atoms with Crippen LogP contribution in [0.3, 0.4) is 0 Å². The summed E-state index contributed by atoms with van der Waals surface area (Å²) in [6.07, 6.45) is 0. The van der Waals surface area contributed by atoms with Gasteiger partial charge in [-0.3, -0.25) is 0 Å². The molecule has 10 heteroatoms. The van der Waals surface area contributed by atoms with Crippen LogP contribution in [-0.2, 0) is 59.0 Å². The van der Waals surface area contributed by atoms with Crippen LogP contribution in [-0.4, -0.2) is 13.0 Å². The number of nitrogens with two attached hydrogens (primary N) is 3. The molecule has 19 heavy (non-hydrogen) atoms. The van der Waals surface area contributed by atoms with E-state index in [0.717, 1.165) is 0 Å². The predicted molar refractivity (Wildman–Crippen MR) is 97.7 cm³/mol. The number of rotatable bonds is 0. The summed E-state index contributed by atoms with van der Waals surface area (Å²) in [5.74, 6) is 0. The quantitative estimate of drug-likeness (QED) is 0.231. The molecule has 0 aliphatic carbocycles. The fourth-order valence-electron chi connectivity index (χ4n) is 0.342. The molecular weight excluding hydrogens is 438 g/mol. The average molecular weight is 450 g/mol.